The van der Waals surface area contributed by atoms with Crippen LogP contribution in [0.1, 0.15) is 40.1 Å². The molecule has 4 aromatic carbocycles. The summed E-state index contributed by atoms with van der Waals surface area (Å²) in [6, 6.07) is 29.0. The molecule has 1 N–H and O–H groups in total. The van der Waals surface area contributed by atoms with Gasteiger partial charge in [-0.1, -0.05) is 72.6 Å². The summed E-state index contributed by atoms with van der Waals surface area (Å²) in [5.74, 6) is 0.652. The number of aryl methyl sites for hydroxylation is 1. The van der Waals surface area contributed by atoms with Crippen LogP contribution in [0.4, 0.5) is 11.4 Å². The third kappa shape index (κ3) is 4.86. The molecular formula is C29H24Cl2N2O2. The Labute approximate surface area is 215 Å². The van der Waals surface area contributed by atoms with Gasteiger partial charge in [0.05, 0.1) is 15.6 Å². The molecule has 6 heteroatoms. The lowest BCUT2D eigenvalue weighted by Crippen LogP contribution is -2.43. The van der Waals surface area contributed by atoms with Crippen LogP contribution < -0.4 is 15.0 Å². The van der Waals surface area contributed by atoms with E-state index < -0.39 is 6.17 Å². The van der Waals surface area contributed by atoms with Crippen molar-refractivity contribution in [2.75, 3.05) is 10.2 Å². The Balaban J connectivity index is 1.47. The van der Waals surface area contributed by atoms with Gasteiger partial charge in [0.25, 0.3) is 5.91 Å². The first kappa shape index (κ1) is 23.3. The largest absolute Gasteiger partial charge is 0.489 e. The Kier molecular flexibility index (Phi) is 6.67. The van der Waals surface area contributed by atoms with Crippen molar-refractivity contribution < 1.29 is 9.53 Å². The minimum atomic E-state index is -0.390. The molecule has 0 unspecified atom stereocenters. The van der Waals surface area contributed by atoms with Crippen LogP contribution in [0.25, 0.3) is 0 Å². The maximum absolute atomic E-state index is 13.6. The first-order valence-corrected chi connectivity index (χ1v) is 12.2. The average molecular weight is 503 g/mol. The van der Waals surface area contributed by atoms with E-state index in [0.717, 1.165) is 28.9 Å². The number of anilines is 2. The number of halogens is 2. The maximum Gasteiger partial charge on any atom is 0.262 e. The third-order valence-corrected chi connectivity index (χ3v) is 6.85. The number of ether oxygens (including phenoxy) is 1. The number of carbonyl (C=O) groups excluding carboxylic acids is 1. The smallest absolute Gasteiger partial charge is 0.262 e. The molecule has 0 saturated carbocycles. The Morgan fingerprint density at radius 1 is 0.857 bits per heavy atom. The van der Waals surface area contributed by atoms with Crippen molar-refractivity contribution in [3.05, 3.63) is 123 Å². The van der Waals surface area contributed by atoms with Gasteiger partial charge in [-0.2, -0.15) is 0 Å². The van der Waals surface area contributed by atoms with E-state index in [1.165, 1.54) is 5.56 Å². The Morgan fingerprint density at radius 3 is 2.40 bits per heavy atom. The summed E-state index contributed by atoms with van der Waals surface area (Å²) in [5, 5.41) is 4.56. The Morgan fingerprint density at radius 2 is 1.63 bits per heavy atom. The Hall–Kier alpha value is -3.47. The van der Waals surface area contributed by atoms with Crippen molar-refractivity contribution >= 4 is 40.5 Å². The number of benzene rings is 4. The number of hydrogen-bond donors (Lipinski definition) is 1. The van der Waals surface area contributed by atoms with Crippen LogP contribution in [0.2, 0.25) is 10.0 Å². The second-order valence-electron chi connectivity index (χ2n) is 8.40. The molecule has 0 spiro atoms. The second-order valence-corrected chi connectivity index (χ2v) is 9.21. The van der Waals surface area contributed by atoms with Gasteiger partial charge in [0.15, 0.2) is 0 Å². The number of nitrogens with one attached hydrogen (secondary N) is 1. The van der Waals surface area contributed by atoms with E-state index in [4.69, 9.17) is 27.9 Å². The number of para-hydroxylation sites is 1. The monoisotopic (exact) mass is 502 g/mol. The second kappa shape index (κ2) is 10.0. The number of carbonyl (C=O) groups is 1. The van der Waals surface area contributed by atoms with Crippen molar-refractivity contribution in [1.29, 1.82) is 0 Å². The highest BCUT2D eigenvalue weighted by Crippen LogP contribution is 2.37. The van der Waals surface area contributed by atoms with Crippen LogP contribution in [0.15, 0.2) is 91.0 Å². The summed E-state index contributed by atoms with van der Waals surface area (Å²) in [7, 11) is 0. The zero-order chi connectivity index (χ0) is 24.4. The highest BCUT2D eigenvalue weighted by molar-refractivity contribution is 6.42. The topological polar surface area (TPSA) is 41.6 Å². The minimum absolute atomic E-state index is 0.0456. The molecule has 0 aliphatic carbocycles. The van der Waals surface area contributed by atoms with Crippen molar-refractivity contribution in [3.63, 3.8) is 0 Å². The first-order chi connectivity index (χ1) is 17.0. The van der Waals surface area contributed by atoms with Gasteiger partial charge >= 0.3 is 0 Å². The zero-order valence-corrected chi connectivity index (χ0v) is 20.7. The average Bonchev–Trinajstić information content (AvgIpc) is 2.89. The first-order valence-electron chi connectivity index (χ1n) is 11.5. The van der Waals surface area contributed by atoms with Gasteiger partial charge < -0.3 is 10.1 Å². The lowest BCUT2D eigenvalue weighted by Gasteiger charge is -2.38. The molecule has 0 aromatic heterocycles. The van der Waals surface area contributed by atoms with Gasteiger partial charge in [-0.05, 0) is 71.6 Å². The van der Waals surface area contributed by atoms with Gasteiger partial charge in [0.2, 0.25) is 0 Å². The molecule has 1 aliphatic rings. The van der Waals surface area contributed by atoms with E-state index in [1.807, 2.05) is 66.7 Å². The van der Waals surface area contributed by atoms with E-state index >= 15 is 0 Å². The fraction of sp³-hybridized carbons (Fsp3) is 0.138. The number of rotatable bonds is 6. The summed E-state index contributed by atoms with van der Waals surface area (Å²) in [6.45, 7) is 2.47. The summed E-state index contributed by atoms with van der Waals surface area (Å²) < 4.78 is 6.05. The van der Waals surface area contributed by atoms with Gasteiger partial charge in [0, 0.05) is 11.4 Å². The molecular weight excluding hydrogens is 479 g/mol. The van der Waals surface area contributed by atoms with Crippen molar-refractivity contribution in [2.45, 2.75) is 26.1 Å². The van der Waals surface area contributed by atoms with Crippen molar-refractivity contribution in [2.24, 2.45) is 0 Å². The molecule has 0 fully saturated rings. The minimum Gasteiger partial charge on any atom is -0.489 e. The molecule has 0 saturated heterocycles. The summed E-state index contributed by atoms with van der Waals surface area (Å²) in [4.78, 5) is 15.4. The van der Waals surface area contributed by atoms with E-state index in [9.17, 15) is 4.79 Å². The number of hydrogen-bond acceptors (Lipinski definition) is 3. The molecule has 4 aromatic rings. The number of fused-ring (bicyclic) bond motifs is 1. The highest BCUT2D eigenvalue weighted by Gasteiger charge is 2.34. The van der Waals surface area contributed by atoms with Crippen LogP contribution in [0, 0.1) is 0 Å². The molecule has 5 rings (SSSR count). The van der Waals surface area contributed by atoms with Gasteiger partial charge in [-0.15, -0.1) is 0 Å². The van der Waals surface area contributed by atoms with Crippen LogP contribution in [0.3, 0.4) is 0 Å². The van der Waals surface area contributed by atoms with Crippen LogP contribution in [-0.2, 0) is 13.0 Å². The standard InChI is InChI=1S/C29H24Cl2N2O2/c1-2-19-10-13-22(14-11-19)33-28(32-27-9-4-3-8-24(27)29(33)34)21-6-5-7-23(17-21)35-18-20-12-15-25(30)26(31)16-20/h3-17,28,32H,2,18H2,1H3/t28-/m1/s1. The molecule has 1 amide bonds. The third-order valence-electron chi connectivity index (χ3n) is 6.11. The predicted molar refractivity (Wildman–Crippen MR) is 143 cm³/mol. The van der Waals surface area contributed by atoms with Gasteiger partial charge in [0.1, 0.15) is 18.5 Å². The summed E-state index contributed by atoms with van der Waals surface area (Å²) in [6.07, 6.45) is 0.551. The number of nitrogens with zero attached hydrogens (tertiary/aromatic N) is 1. The van der Waals surface area contributed by atoms with Crippen LogP contribution >= 0.6 is 23.2 Å². The lowest BCUT2D eigenvalue weighted by atomic mass is 10.0. The van der Waals surface area contributed by atoms with Crippen LogP contribution in [0.5, 0.6) is 5.75 Å². The maximum atomic E-state index is 13.6. The SMILES string of the molecule is CCc1ccc(N2C(=O)c3ccccc3N[C@H]2c2cccc(OCc3ccc(Cl)c(Cl)c3)c2)cc1. The fourth-order valence-corrected chi connectivity index (χ4v) is 4.54. The Bertz CT molecular complexity index is 1370. The van der Waals surface area contributed by atoms with E-state index in [-0.39, 0.29) is 5.91 Å². The normalized spacial score (nSPS) is 14.9. The molecule has 1 atom stereocenters. The van der Waals surface area contributed by atoms with Gasteiger partial charge in [-0.3, -0.25) is 9.69 Å². The van der Waals surface area contributed by atoms with Gasteiger partial charge in [-0.25, -0.2) is 0 Å². The molecule has 35 heavy (non-hydrogen) atoms. The van der Waals surface area contributed by atoms with E-state index in [0.29, 0.717) is 28.0 Å². The zero-order valence-electron chi connectivity index (χ0n) is 19.2. The fourth-order valence-electron chi connectivity index (χ4n) is 4.22. The van der Waals surface area contributed by atoms with E-state index in [1.54, 1.807) is 17.0 Å². The molecule has 1 aliphatic heterocycles. The van der Waals surface area contributed by atoms with Crippen LogP contribution in [-0.4, -0.2) is 5.91 Å². The molecule has 0 bridgehead atoms. The van der Waals surface area contributed by atoms with E-state index in [2.05, 4.69) is 24.4 Å². The summed E-state index contributed by atoms with van der Waals surface area (Å²) in [5.41, 5.74) is 5.35. The molecule has 1 heterocycles. The highest BCUT2D eigenvalue weighted by atomic mass is 35.5. The lowest BCUT2D eigenvalue weighted by molar-refractivity contribution is 0.0975. The summed E-state index contributed by atoms with van der Waals surface area (Å²) >= 11 is 12.2. The molecule has 0 radical (unpaired) electrons. The van der Waals surface area contributed by atoms with Crippen molar-refractivity contribution in [3.8, 4) is 5.75 Å². The van der Waals surface area contributed by atoms with Crippen molar-refractivity contribution in [1.82, 2.24) is 0 Å². The molecule has 176 valence electrons. The quantitative estimate of drug-likeness (QED) is 0.291. The predicted octanol–water partition coefficient (Wildman–Crippen LogP) is 7.91. The molecule has 4 nitrogen and oxygen atoms in total. The number of amides is 1.